The maximum absolute atomic E-state index is 2.82. The molecule has 1 aromatic heterocycles. The Hall–Kier alpha value is -13.8. The lowest BCUT2D eigenvalue weighted by molar-refractivity contribution is 0.791. The third-order valence-corrected chi connectivity index (χ3v) is 26.6. The summed E-state index contributed by atoms with van der Waals surface area (Å²) in [6.45, 7) is -0.342. The average molecular weight is 1380 g/mol. The summed E-state index contributed by atoms with van der Waals surface area (Å²) in [5.74, 6) is 0. The number of hydrogen-bond acceptors (Lipinski definition) is 2. The molecule has 0 bridgehead atoms. The van der Waals surface area contributed by atoms with Gasteiger partial charge in [0.15, 0.2) is 0 Å². The van der Waals surface area contributed by atoms with Crippen molar-refractivity contribution in [1.82, 2.24) is 4.57 Å². The van der Waals surface area contributed by atoms with Crippen LogP contribution in [0.2, 0.25) is 0 Å². The standard InChI is InChI=1S/C105H62BN3/c1-2-28-63(29-3-1)64-56-58-92-89(60-64)106-101-96(108(92)93-54-26-41-77-72-36-10-21-49-86(72)103(98(77)93)80-43-15-4-30-66(80)67-31-5-16-44-81(67)103)61-65(107-90-52-24-13-39-75(90)76-40-14-25-53-91(76)107)62-97(101)109(94-55-27-42-78-73-37-11-22-50-87(73)104(99(78)94)82-45-17-6-32-68(82)69-33-7-18-46-83(69)104)95-59-57-79-74-38-12-23-51-88(74)105(100(79)102(95)106)84-47-19-8-34-70(84)71-35-9-20-48-85(71)105/h1-62H. The van der Waals surface area contributed by atoms with E-state index in [1.807, 2.05) is 0 Å². The van der Waals surface area contributed by atoms with Crippen LogP contribution in [-0.2, 0) is 16.2 Å². The Morgan fingerprint density at radius 1 is 0.202 bits per heavy atom. The van der Waals surface area contributed by atoms with Crippen LogP contribution in [0.1, 0.15) is 66.8 Å². The van der Waals surface area contributed by atoms with Crippen LogP contribution >= 0.6 is 0 Å². The van der Waals surface area contributed by atoms with E-state index in [2.05, 4.69) is 390 Å². The summed E-state index contributed by atoms with van der Waals surface area (Å²) in [5.41, 5.74) is 45.4. The first-order chi connectivity index (χ1) is 54.1. The largest absolute Gasteiger partial charge is 0.311 e. The summed E-state index contributed by atoms with van der Waals surface area (Å²) in [6, 6.07) is 146. The number of hydrogen-bond donors (Lipinski definition) is 0. The molecule has 3 spiro atoms. The third-order valence-electron chi connectivity index (χ3n) is 26.6. The van der Waals surface area contributed by atoms with Gasteiger partial charge in [-0.05, 0) is 198 Å². The summed E-state index contributed by atoms with van der Waals surface area (Å²) in [6.07, 6.45) is 0. The number of benzene rings is 17. The summed E-state index contributed by atoms with van der Waals surface area (Å²) < 4.78 is 2.59. The monoisotopic (exact) mass is 1380 g/mol. The minimum Gasteiger partial charge on any atom is -0.311 e. The van der Waals surface area contributed by atoms with Crippen LogP contribution in [0.4, 0.5) is 34.1 Å². The number of nitrogens with zero attached hydrogens (tertiary/aromatic N) is 3. The highest BCUT2D eigenvalue weighted by Gasteiger charge is 2.60. The molecule has 0 N–H and O–H groups in total. The van der Waals surface area contributed by atoms with Gasteiger partial charge >= 0.3 is 0 Å². The number of rotatable bonds is 4. The van der Waals surface area contributed by atoms with Gasteiger partial charge in [-0.2, -0.15) is 0 Å². The zero-order chi connectivity index (χ0) is 70.7. The molecule has 0 amide bonds. The van der Waals surface area contributed by atoms with Gasteiger partial charge < -0.3 is 14.4 Å². The van der Waals surface area contributed by atoms with Gasteiger partial charge in [0.25, 0.3) is 6.71 Å². The van der Waals surface area contributed by atoms with Crippen molar-refractivity contribution < 1.29 is 0 Å². The van der Waals surface area contributed by atoms with Gasteiger partial charge in [-0.3, -0.25) is 0 Å². The number of fused-ring (bicyclic) bond motifs is 38. The van der Waals surface area contributed by atoms with E-state index in [-0.39, 0.29) is 6.71 Å². The van der Waals surface area contributed by atoms with E-state index in [9.17, 15) is 0 Å². The topological polar surface area (TPSA) is 11.4 Å². The summed E-state index contributed by atoms with van der Waals surface area (Å²) >= 11 is 0. The van der Waals surface area contributed by atoms with Gasteiger partial charge in [0.2, 0.25) is 0 Å². The minimum atomic E-state index is -0.730. The zero-order valence-electron chi connectivity index (χ0n) is 59.2. The lowest BCUT2D eigenvalue weighted by atomic mass is 9.32. The van der Waals surface area contributed by atoms with Gasteiger partial charge in [0.1, 0.15) is 0 Å². The zero-order valence-corrected chi connectivity index (χ0v) is 59.2. The normalized spacial score (nSPS) is 15.0. The number of aromatic nitrogens is 1. The van der Waals surface area contributed by atoms with Crippen LogP contribution in [0.25, 0.3) is 105 Å². The molecule has 0 fully saturated rings. The van der Waals surface area contributed by atoms with Crippen molar-refractivity contribution in [2.75, 3.05) is 9.80 Å². The average Bonchev–Trinajstić information content (AvgIpc) is 1.53. The van der Waals surface area contributed by atoms with Crippen LogP contribution in [0.5, 0.6) is 0 Å². The highest BCUT2D eigenvalue weighted by molar-refractivity contribution is 7.01. The number of para-hydroxylation sites is 2. The highest BCUT2D eigenvalue weighted by Crippen LogP contribution is 2.70. The van der Waals surface area contributed by atoms with Crippen LogP contribution < -0.4 is 26.2 Å². The fourth-order valence-corrected chi connectivity index (χ4v) is 23.0. The molecule has 3 heterocycles. The van der Waals surface area contributed by atoms with E-state index in [1.165, 1.54) is 177 Å². The fourth-order valence-electron chi connectivity index (χ4n) is 23.0. The van der Waals surface area contributed by atoms with Crippen LogP contribution in [0.15, 0.2) is 376 Å². The molecule has 6 aliphatic carbocycles. The van der Waals surface area contributed by atoms with Gasteiger partial charge in [-0.1, -0.05) is 328 Å². The fraction of sp³-hybridized carbons (Fsp3) is 0.0286. The molecule has 0 atom stereocenters. The second-order valence-electron chi connectivity index (χ2n) is 31.0. The van der Waals surface area contributed by atoms with Gasteiger partial charge in [-0.15, -0.1) is 0 Å². The maximum atomic E-state index is 2.82. The van der Waals surface area contributed by atoms with Crippen molar-refractivity contribution >= 4 is 79.0 Å². The Morgan fingerprint density at radius 2 is 0.523 bits per heavy atom. The van der Waals surface area contributed by atoms with E-state index in [4.69, 9.17) is 0 Å². The summed E-state index contributed by atoms with van der Waals surface area (Å²) in [5, 5.41) is 2.44. The Bertz CT molecular complexity index is 6910. The first-order valence-electron chi connectivity index (χ1n) is 38.4. The molecule has 26 rings (SSSR count). The van der Waals surface area contributed by atoms with E-state index >= 15 is 0 Å². The maximum Gasteiger partial charge on any atom is 0.252 e. The second-order valence-corrected chi connectivity index (χ2v) is 31.0. The third kappa shape index (κ3) is 6.88. The molecule has 17 aromatic carbocycles. The molecule has 0 radical (unpaired) electrons. The molecule has 0 saturated carbocycles. The lowest BCUT2D eigenvalue weighted by Crippen LogP contribution is -2.63. The molecule has 4 heteroatoms. The van der Waals surface area contributed by atoms with Crippen LogP contribution in [0, 0.1) is 0 Å². The van der Waals surface area contributed by atoms with Crippen LogP contribution in [0.3, 0.4) is 0 Å². The predicted octanol–water partition coefficient (Wildman–Crippen LogP) is 23.6. The van der Waals surface area contributed by atoms with Gasteiger partial charge in [0, 0.05) is 44.6 Å². The summed E-state index contributed by atoms with van der Waals surface area (Å²) in [4.78, 5) is 5.60. The Labute approximate surface area is 631 Å². The minimum absolute atomic E-state index is 0.342. The van der Waals surface area contributed by atoms with E-state index < -0.39 is 16.2 Å². The van der Waals surface area contributed by atoms with Gasteiger partial charge in [0.05, 0.1) is 44.3 Å². The van der Waals surface area contributed by atoms with Crippen molar-refractivity contribution in [3.63, 3.8) is 0 Å². The van der Waals surface area contributed by atoms with Crippen molar-refractivity contribution in [2.24, 2.45) is 0 Å². The van der Waals surface area contributed by atoms with E-state index in [1.54, 1.807) is 0 Å². The highest BCUT2D eigenvalue weighted by atomic mass is 15.2. The quantitative estimate of drug-likeness (QED) is 0.163. The van der Waals surface area contributed by atoms with Crippen LogP contribution in [-0.4, -0.2) is 11.3 Å². The van der Waals surface area contributed by atoms with E-state index in [0.29, 0.717) is 0 Å². The Kier molecular flexibility index (Phi) is 11.2. The molecular formula is C105H62BN3. The van der Waals surface area contributed by atoms with Gasteiger partial charge in [-0.25, -0.2) is 0 Å². The molecule has 500 valence electrons. The molecule has 3 nitrogen and oxygen atoms in total. The SMILES string of the molecule is c1ccc(-c2ccc3c(c2)B2c4c(cc(-n5c6ccccc6c6ccccc65)cc4N(c4cccc5c4C4(c6ccccc6-c6ccccc64)c4ccccc4-5)c4ccc5c(c42)C2(c4ccccc4-c4ccccc42)c2ccccc2-5)N3c2cccc3c2C2(c4ccccc4-c4ccccc42)c2ccccc2-3)cc1. The lowest BCUT2D eigenvalue weighted by Gasteiger charge is -2.48. The molecule has 18 aromatic rings. The molecule has 8 aliphatic rings. The molecule has 0 unspecified atom stereocenters. The molecular weight excluding hydrogens is 1310 g/mol. The van der Waals surface area contributed by atoms with E-state index in [0.717, 1.165) is 45.2 Å². The predicted molar refractivity (Wildman–Crippen MR) is 449 cm³/mol. The smallest absolute Gasteiger partial charge is 0.252 e. The molecule has 109 heavy (non-hydrogen) atoms. The van der Waals surface area contributed by atoms with Crippen molar-refractivity contribution in [2.45, 2.75) is 16.2 Å². The Balaban J connectivity index is 0.879. The second kappa shape index (κ2) is 20.8. The first-order valence-corrected chi connectivity index (χ1v) is 38.4. The Morgan fingerprint density at radius 3 is 0.936 bits per heavy atom. The first kappa shape index (κ1) is 58.5. The number of anilines is 6. The molecule has 2 aliphatic heterocycles. The van der Waals surface area contributed by atoms with Crippen molar-refractivity contribution in [3.8, 4) is 83.6 Å². The van der Waals surface area contributed by atoms with Crippen molar-refractivity contribution in [1.29, 1.82) is 0 Å². The summed E-state index contributed by atoms with van der Waals surface area (Å²) in [7, 11) is 0. The molecule has 0 saturated heterocycles. The van der Waals surface area contributed by atoms with Crippen molar-refractivity contribution in [3.05, 3.63) is 443 Å².